The number of carbonyl (C=O) groups is 2. The molecule has 0 saturated carbocycles. The third kappa shape index (κ3) is 5.60. The van der Waals surface area contributed by atoms with Crippen LogP contribution in [0.15, 0.2) is 91.3 Å². The molecule has 0 amide bonds. The highest BCUT2D eigenvalue weighted by Crippen LogP contribution is 2.27. The molecule has 0 saturated heterocycles. The molecule has 35 heavy (non-hydrogen) atoms. The maximum absolute atomic E-state index is 12.7. The lowest BCUT2D eigenvalue weighted by Gasteiger charge is -2.07. The van der Waals surface area contributed by atoms with Crippen molar-refractivity contribution in [3.63, 3.8) is 0 Å². The van der Waals surface area contributed by atoms with Gasteiger partial charge in [0, 0.05) is 29.7 Å². The van der Waals surface area contributed by atoms with E-state index in [0.29, 0.717) is 23.3 Å². The molecule has 0 aliphatic heterocycles. The van der Waals surface area contributed by atoms with E-state index in [1.807, 2.05) is 65.5 Å². The predicted octanol–water partition coefficient (Wildman–Crippen LogP) is 4.95. The lowest BCUT2D eigenvalue weighted by atomic mass is 10.0. The number of hydrogen-bond donors (Lipinski definition) is 1. The molecule has 3 aromatic carbocycles. The molecule has 0 atom stereocenters. The van der Waals surface area contributed by atoms with Crippen LogP contribution in [-0.4, -0.2) is 23.1 Å². The molecule has 1 heterocycles. The number of carbonyl (C=O) groups excluding carboxylic acids is 2. The van der Waals surface area contributed by atoms with Crippen LogP contribution in [0, 0.1) is 12.0 Å². The molecule has 6 nitrogen and oxygen atoms in total. The van der Waals surface area contributed by atoms with Crippen LogP contribution in [0.2, 0.25) is 0 Å². The van der Waals surface area contributed by atoms with E-state index in [2.05, 4.69) is 12.0 Å². The Morgan fingerprint density at radius 3 is 2.31 bits per heavy atom. The summed E-state index contributed by atoms with van der Waals surface area (Å²) in [6.45, 7) is 2.29. The molecule has 0 aliphatic rings. The second kappa shape index (κ2) is 10.9. The zero-order valence-corrected chi connectivity index (χ0v) is 19.2. The molecular formula is C29H24N2O4. The zero-order chi connectivity index (χ0) is 24.6. The Kier molecular flexibility index (Phi) is 7.29. The average molecular weight is 465 g/mol. The first-order chi connectivity index (χ1) is 17.1. The summed E-state index contributed by atoms with van der Waals surface area (Å²) >= 11 is 0. The topological polar surface area (TPSA) is 83.5 Å². The summed E-state index contributed by atoms with van der Waals surface area (Å²) in [6.07, 6.45) is 3.77. The quantitative estimate of drug-likeness (QED) is 0.238. The molecule has 1 aromatic heterocycles. The van der Waals surface area contributed by atoms with Crippen molar-refractivity contribution in [1.82, 2.24) is 4.57 Å². The van der Waals surface area contributed by atoms with Crippen molar-refractivity contribution in [3.8, 4) is 28.8 Å². The number of aromatic nitrogens is 1. The molecule has 4 rings (SSSR count). The van der Waals surface area contributed by atoms with Gasteiger partial charge in [-0.15, -0.1) is 0 Å². The lowest BCUT2D eigenvalue weighted by Crippen LogP contribution is -2.05. The molecule has 6 heteroatoms. The Labute approximate surface area is 203 Å². The number of ether oxygens (including phenoxy) is 2. The molecular weight excluding hydrogens is 440 g/mol. The highest BCUT2D eigenvalue weighted by molar-refractivity contribution is 5.91. The standard InChI is InChI=1S/C29H24N2O4/c1-2-34-28(32)22-11-13-26(14-12-22)31-18-25(15-16-30)27(19-31)23-9-6-10-24(17-23)29(33)35-20-21-7-4-3-5-8-21/h3-14,17-19H,2,20,30H2,1H3. The van der Waals surface area contributed by atoms with Crippen LogP contribution >= 0.6 is 0 Å². The van der Waals surface area contributed by atoms with E-state index in [-0.39, 0.29) is 12.6 Å². The smallest absolute Gasteiger partial charge is 0.338 e. The largest absolute Gasteiger partial charge is 0.462 e. The van der Waals surface area contributed by atoms with Gasteiger partial charge in [-0.05, 0) is 60.4 Å². The summed E-state index contributed by atoms with van der Waals surface area (Å²) in [5, 5.41) is 0. The Morgan fingerprint density at radius 1 is 0.857 bits per heavy atom. The van der Waals surface area contributed by atoms with Crippen LogP contribution in [0.25, 0.3) is 16.8 Å². The van der Waals surface area contributed by atoms with Gasteiger partial charge < -0.3 is 19.8 Å². The Bertz CT molecular complexity index is 1390. The van der Waals surface area contributed by atoms with Crippen LogP contribution in [0.4, 0.5) is 0 Å². The molecule has 0 spiro atoms. The Hall–Kier alpha value is -4.76. The van der Waals surface area contributed by atoms with Crippen LogP contribution in [0.1, 0.15) is 38.8 Å². The van der Waals surface area contributed by atoms with E-state index < -0.39 is 5.97 Å². The lowest BCUT2D eigenvalue weighted by molar-refractivity contribution is 0.0471. The van der Waals surface area contributed by atoms with Crippen molar-refractivity contribution in [2.45, 2.75) is 13.5 Å². The second-order valence-electron chi connectivity index (χ2n) is 7.67. The van der Waals surface area contributed by atoms with E-state index in [4.69, 9.17) is 15.2 Å². The van der Waals surface area contributed by atoms with Gasteiger partial charge >= 0.3 is 11.9 Å². The average Bonchev–Trinajstić information content (AvgIpc) is 3.32. The molecule has 0 unspecified atom stereocenters. The van der Waals surface area contributed by atoms with Gasteiger partial charge in [0.25, 0.3) is 0 Å². The van der Waals surface area contributed by atoms with Gasteiger partial charge in [-0.2, -0.15) is 0 Å². The number of esters is 2. The maximum Gasteiger partial charge on any atom is 0.338 e. The Morgan fingerprint density at radius 2 is 1.60 bits per heavy atom. The normalized spacial score (nSPS) is 10.2. The van der Waals surface area contributed by atoms with Gasteiger partial charge in [-0.25, -0.2) is 9.59 Å². The summed E-state index contributed by atoms with van der Waals surface area (Å²) in [5.41, 5.74) is 10.5. The predicted molar refractivity (Wildman–Crippen MR) is 134 cm³/mol. The van der Waals surface area contributed by atoms with Crippen molar-refractivity contribution < 1.29 is 19.1 Å². The summed E-state index contributed by atoms with van der Waals surface area (Å²) in [7, 11) is 0. The minimum absolute atomic E-state index is 0.200. The van der Waals surface area contributed by atoms with Crippen molar-refractivity contribution in [3.05, 3.63) is 114 Å². The van der Waals surface area contributed by atoms with E-state index in [1.165, 1.54) is 0 Å². The van der Waals surface area contributed by atoms with Gasteiger partial charge in [0.1, 0.15) is 6.61 Å². The summed E-state index contributed by atoms with van der Waals surface area (Å²) < 4.78 is 12.4. The third-order valence-corrected chi connectivity index (χ3v) is 5.33. The first-order valence-electron chi connectivity index (χ1n) is 11.1. The fraction of sp³-hybridized carbons (Fsp3) is 0.103. The molecule has 0 radical (unpaired) electrons. The van der Waals surface area contributed by atoms with Gasteiger partial charge in [0.05, 0.1) is 23.3 Å². The number of hydrogen-bond acceptors (Lipinski definition) is 5. The van der Waals surface area contributed by atoms with Crippen LogP contribution in [0.5, 0.6) is 0 Å². The highest BCUT2D eigenvalue weighted by atomic mass is 16.5. The van der Waals surface area contributed by atoms with Crippen molar-refractivity contribution in [1.29, 1.82) is 0 Å². The van der Waals surface area contributed by atoms with Gasteiger partial charge in [-0.3, -0.25) is 0 Å². The van der Waals surface area contributed by atoms with Crippen molar-refractivity contribution in [2.24, 2.45) is 5.73 Å². The van der Waals surface area contributed by atoms with Crippen LogP contribution in [0.3, 0.4) is 0 Å². The van der Waals surface area contributed by atoms with Crippen LogP contribution in [-0.2, 0) is 16.1 Å². The van der Waals surface area contributed by atoms with Gasteiger partial charge in [0.2, 0.25) is 0 Å². The Balaban J connectivity index is 1.59. The highest BCUT2D eigenvalue weighted by Gasteiger charge is 2.14. The van der Waals surface area contributed by atoms with Crippen molar-refractivity contribution >= 4 is 11.9 Å². The van der Waals surface area contributed by atoms with E-state index >= 15 is 0 Å². The minimum Gasteiger partial charge on any atom is -0.462 e. The van der Waals surface area contributed by atoms with Crippen LogP contribution < -0.4 is 5.73 Å². The number of nitrogens with two attached hydrogens (primary N) is 1. The summed E-state index contributed by atoms with van der Waals surface area (Å²) in [6, 6.07) is 26.3. The second-order valence-corrected chi connectivity index (χ2v) is 7.67. The minimum atomic E-state index is -0.406. The summed E-state index contributed by atoms with van der Waals surface area (Å²) in [4.78, 5) is 24.6. The maximum atomic E-state index is 12.7. The fourth-order valence-corrected chi connectivity index (χ4v) is 3.62. The molecule has 2 N–H and O–H groups in total. The van der Waals surface area contributed by atoms with E-state index in [9.17, 15) is 9.59 Å². The number of benzene rings is 3. The zero-order valence-electron chi connectivity index (χ0n) is 19.2. The molecule has 0 fully saturated rings. The molecule has 0 aliphatic carbocycles. The monoisotopic (exact) mass is 464 g/mol. The molecule has 0 bridgehead atoms. The van der Waals surface area contributed by atoms with E-state index in [1.54, 1.807) is 37.3 Å². The van der Waals surface area contributed by atoms with E-state index in [0.717, 1.165) is 22.4 Å². The van der Waals surface area contributed by atoms with Gasteiger partial charge in [-0.1, -0.05) is 42.5 Å². The third-order valence-electron chi connectivity index (χ3n) is 5.33. The molecule has 174 valence electrons. The van der Waals surface area contributed by atoms with Crippen molar-refractivity contribution in [2.75, 3.05) is 6.61 Å². The SMILES string of the molecule is CCOC(=O)c1ccc(-n2cc(C#CN)c(-c3cccc(C(=O)OCc4ccccc4)c3)c2)cc1. The number of rotatable bonds is 7. The number of nitrogens with zero attached hydrogens (tertiary/aromatic N) is 1. The molecule has 4 aromatic rings. The van der Waals surface area contributed by atoms with Gasteiger partial charge in [0.15, 0.2) is 0 Å². The first kappa shape index (κ1) is 23.4. The summed E-state index contributed by atoms with van der Waals surface area (Å²) in [5.74, 6) is 2.15. The fourth-order valence-electron chi connectivity index (χ4n) is 3.62. The first-order valence-corrected chi connectivity index (χ1v) is 11.1.